The van der Waals surface area contributed by atoms with Crippen LogP contribution in [0.2, 0.25) is 0 Å². The fourth-order valence-corrected chi connectivity index (χ4v) is 2.71. The first kappa shape index (κ1) is 18.4. The molecule has 0 saturated heterocycles. The van der Waals surface area contributed by atoms with Crippen molar-refractivity contribution in [2.75, 3.05) is 19.0 Å². The van der Waals surface area contributed by atoms with Gasteiger partial charge in [0.2, 0.25) is 5.91 Å². The van der Waals surface area contributed by atoms with Gasteiger partial charge in [-0.25, -0.2) is 4.79 Å². The van der Waals surface area contributed by atoms with E-state index in [1.54, 1.807) is 49.2 Å². The van der Waals surface area contributed by atoms with E-state index in [4.69, 9.17) is 9.47 Å². The van der Waals surface area contributed by atoms with Gasteiger partial charge < -0.3 is 14.8 Å². The molecule has 0 radical (unpaired) electrons. The van der Waals surface area contributed by atoms with Gasteiger partial charge in [0.25, 0.3) is 0 Å². The predicted octanol–water partition coefficient (Wildman–Crippen LogP) is 3.25. The predicted molar refractivity (Wildman–Crippen MR) is 102 cm³/mol. The number of benzene rings is 2. The van der Waals surface area contributed by atoms with Crippen molar-refractivity contribution in [1.29, 1.82) is 0 Å². The number of methoxy groups -OCH3 is 1. The Balaban J connectivity index is 1.57. The third-order valence-corrected chi connectivity index (χ3v) is 4.08. The minimum absolute atomic E-state index is 0.129. The number of nitrogens with one attached hydrogen (secondary N) is 1. The molecule has 0 unspecified atom stereocenters. The molecule has 0 spiro atoms. The smallest absolute Gasteiger partial charge is 0.338 e. The van der Waals surface area contributed by atoms with Gasteiger partial charge in [-0.15, -0.1) is 0 Å². The van der Waals surface area contributed by atoms with Crippen LogP contribution in [0.25, 0.3) is 10.9 Å². The van der Waals surface area contributed by atoms with Gasteiger partial charge in [0.1, 0.15) is 5.75 Å². The highest BCUT2D eigenvalue weighted by atomic mass is 16.5. The molecule has 7 heteroatoms. The number of aryl methyl sites for hydroxylation is 1. The summed E-state index contributed by atoms with van der Waals surface area (Å²) in [5, 5.41) is 8.11. The Labute approximate surface area is 156 Å². The van der Waals surface area contributed by atoms with Crippen molar-refractivity contribution in [2.45, 2.75) is 19.9 Å². The molecule has 3 aromatic rings. The van der Waals surface area contributed by atoms with Crippen LogP contribution >= 0.6 is 0 Å². The molecule has 0 bridgehead atoms. The van der Waals surface area contributed by atoms with Gasteiger partial charge >= 0.3 is 5.97 Å². The molecule has 0 saturated carbocycles. The second kappa shape index (κ2) is 8.35. The fraction of sp³-hybridized carbons (Fsp3) is 0.250. The zero-order valence-electron chi connectivity index (χ0n) is 15.3. The van der Waals surface area contributed by atoms with Crippen molar-refractivity contribution in [2.24, 2.45) is 0 Å². The number of carbonyl (C=O) groups is 2. The Morgan fingerprint density at radius 1 is 1.15 bits per heavy atom. The number of hydrogen-bond acceptors (Lipinski definition) is 5. The van der Waals surface area contributed by atoms with Gasteiger partial charge in [-0.05, 0) is 49.4 Å². The Morgan fingerprint density at radius 2 is 1.93 bits per heavy atom. The molecule has 2 aromatic carbocycles. The van der Waals surface area contributed by atoms with Crippen molar-refractivity contribution in [3.8, 4) is 5.75 Å². The van der Waals surface area contributed by atoms with Crippen LogP contribution in [-0.2, 0) is 16.1 Å². The summed E-state index contributed by atoms with van der Waals surface area (Å²) in [4.78, 5) is 23.8. The summed E-state index contributed by atoms with van der Waals surface area (Å²) in [5.74, 6) is 0.264. The number of anilines is 1. The average Bonchev–Trinajstić information content (AvgIpc) is 3.09. The Kier molecular flexibility index (Phi) is 5.71. The van der Waals surface area contributed by atoms with Crippen LogP contribution in [-0.4, -0.2) is 35.4 Å². The number of amides is 1. The van der Waals surface area contributed by atoms with Gasteiger partial charge in [0, 0.05) is 17.5 Å². The molecule has 1 amide bonds. The van der Waals surface area contributed by atoms with E-state index < -0.39 is 0 Å². The quantitative estimate of drug-likeness (QED) is 0.648. The van der Waals surface area contributed by atoms with Gasteiger partial charge in [0.05, 0.1) is 37.5 Å². The van der Waals surface area contributed by atoms with Crippen LogP contribution in [0.15, 0.2) is 48.7 Å². The van der Waals surface area contributed by atoms with E-state index in [0.29, 0.717) is 24.4 Å². The highest BCUT2D eigenvalue weighted by Crippen LogP contribution is 2.20. The van der Waals surface area contributed by atoms with E-state index in [2.05, 4.69) is 10.4 Å². The topological polar surface area (TPSA) is 82.5 Å². The number of aromatic nitrogens is 2. The van der Waals surface area contributed by atoms with Crippen molar-refractivity contribution >= 4 is 28.5 Å². The SMILES string of the molecule is CCOC(=O)c1ccc(NC(=O)CCn2ncc3cc(OC)ccc32)cc1. The molecule has 0 atom stereocenters. The van der Waals surface area contributed by atoms with Crippen molar-refractivity contribution in [3.63, 3.8) is 0 Å². The highest BCUT2D eigenvalue weighted by molar-refractivity contribution is 5.93. The number of fused-ring (bicyclic) bond motifs is 1. The summed E-state index contributed by atoms with van der Waals surface area (Å²) in [6, 6.07) is 12.3. The van der Waals surface area contributed by atoms with E-state index in [9.17, 15) is 9.59 Å². The third-order valence-electron chi connectivity index (χ3n) is 4.08. The second-order valence-corrected chi connectivity index (χ2v) is 5.89. The van der Waals surface area contributed by atoms with Gasteiger partial charge in [-0.3, -0.25) is 9.48 Å². The Hall–Kier alpha value is -3.35. The maximum atomic E-state index is 12.2. The molecule has 27 heavy (non-hydrogen) atoms. The van der Waals surface area contributed by atoms with E-state index in [1.807, 2.05) is 18.2 Å². The summed E-state index contributed by atoms with van der Waals surface area (Å²) in [6.45, 7) is 2.54. The lowest BCUT2D eigenvalue weighted by Gasteiger charge is -2.07. The summed E-state index contributed by atoms with van der Waals surface area (Å²) in [7, 11) is 1.62. The standard InChI is InChI=1S/C20H21N3O4/c1-3-27-20(25)14-4-6-16(7-5-14)22-19(24)10-11-23-18-9-8-17(26-2)12-15(18)13-21-23/h4-9,12-13H,3,10-11H2,1-2H3,(H,22,24). The van der Waals surface area contributed by atoms with E-state index in [1.165, 1.54) is 0 Å². The van der Waals surface area contributed by atoms with Crippen LogP contribution in [0.5, 0.6) is 5.75 Å². The van der Waals surface area contributed by atoms with Crippen LogP contribution in [0.3, 0.4) is 0 Å². The van der Waals surface area contributed by atoms with Crippen LogP contribution in [0.1, 0.15) is 23.7 Å². The maximum Gasteiger partial charge on any atom is 0.338 e. The molecule has 0 fully saturated rings. The normalized spacial score (nSPS) is 10.6. The lowest BCUT2D eigenvalue weighted by atomic mass is 10.2. The van der Waals surface area contributed by atoms with E-state index in [0.717, 1.165) is 16.7 Å². The zero-order chi connectivity index (χ0) is 19.2. The lowest BCUT2D eigenvalue weighted by Crippen LogP contribution is -2.15. The number of hydrogen-bond donors (Lipinski definition) is 1. The fourth-order valence-electron chi connectivity index (χ4n) is 2.71. The molecule has 1 N–H and O–H groups in total. The first-order chi connectivity index (χ1) is 13.1. The summed E-state index contributed by atoms with van der Waals surface area (Å²) in [5.41, 5.74) is 2.03. The molecular formula is C20H21N3O4. The molecular weight excluding hydrogens is 346 g/mol. The summed E-state index contributed by atoms with van der Waals surface area (Å²) in [6.07, 6.45) is 2.03. The Morgan fingerprint density at radius 3 is 2.63 bits per heavy atom. The minimum Gasteiger partial charge on any atom is -0.497 e. The average molecular weight is 367 g/mol. The molecule has 0 aliphatic heterocycles. The first-order valence-corrected chi connectivity index (χ1v) is 8.67. The molecule has 0 aliphatic carbocycles. The number of nitrogens with zero attached hydrogens (tertiary/aromatic N) is 2. The van der Waals surface area contributed by atoms with Gasteiger partial charge in [-0.2, -0.15) is 5.10 Å². The zero-order valence-corrected chi connectivity index (χ0v) is 15.3. The lowest BCUT2D eigenvalue weighted by molar-refractivity contribution is -0.116. The number of esters is 1. The summed E-state index contributed by atoms with van der Waals surface area (Å²) < 4.78 is 11.9. The van der Waals surface area contributed by atoms with E-state index in [-0.39, 0.29) is 18.3 Å². The number of ether oxygens (including phenoxy) is 2. The second-order valence-electron chi connectivity index (χ2n) is 5.89. The van der Waals surface area contributed by atoms with Crippen molar-refractivity contribution in [3.05, 3.63) is 54.2 Å². The summed E-state index contributed by atoms with van der Waals surface area (Å²) >= 11 is 0. The van der Waals surface area contributed by atoms with E-state index >= 15 is 0 Å². The third kappa shape index (κ3) is 4.44. The van der Waals surface area contributed by atoms with Gasteiger partial charge in [0.15, 0.2) is 0 Å². The number of rotatable bonds is 7. The monoisotopic (exact) mass is 367 g/mol. The molecule has 1 aromatic heterocycles. The van der Waals surface area contributed by atoms with Crippen molar-refractivity contribution in [1.82, 2.24) is 9.78 Å². The minimum atomic E-state index is -0.377. The molecule has 140 valence electrons. The molecule has 1 heterocycles. The van der Waals surface area contributed by atoms with Crippen molar-refractivity contribution < 1.29 is 19.1 Å². The molecule has 3 rings (SSSR count). The number of carbonyl (C=O) groups excluding carboxylic acids is 2. The maximum absolute atomic E-state index is 12.2. The molecule has 7 nitrogen and oxygen atoms in total. The van der Waals surface area contributed by atoms with Crippen LogP contribution in [0, 0.1) is 0 Å². The molecule has 0 aliphatic rings. The Bertz CT molecular complexity index is 948. The largest absolute Gasteiger partial charge is 0.497 e. The van der Waals surface area contributed by atoms with Gasteiger partial charge in [-0.1, -0.05) is 0 Å². The highest BCUT2D eigenvalue weighted by Gasteiger charge is 2.09. The first-order valence-electron chi connectivity index (χ1n) is 8.67. The van der Waals surface area contributed by atoms with Crippen LogP contribution in [0.4, 0.5) is 5.69 Å². The van der Waals surface area contributed by atoms with Crippen LogP contribution < -0.4 is 10.1 Å².